The molecule has 0 aromatic heterocycles. The monoisotopic (exact) mass is 267 g/mol. The van der Waals surface area contributed by atoms with Crippen LogP contribution in [0.15, 0.2) is 12.1 Å². The smallest absolute Gasteiger partial charge is 0.122 e. The molecular formula is C15H25NO3. The zero-order chi connectivity index (χ0) is 14.4. The molecule has 0 aliphatic heterocycles. The zero-order valence-electron chi connectivity index (χ0n) is 12.2. The van der Waals surface area contributed by atoms with Crippen LogP contribution in [-0.2, 0) is 0 Å². The maximum Gasteiger partial charge on any atom is 0.122 e. The highest BCUT2D eigenvalue weighted by atomic mass is 16.5. The highest BCUT2D eigenvalue weighted by molar-refractivity contribution is 5.58. The second kappa shape index (κ2) is 7.36. The molecule has 0 aliphatic rings. The van der Waals surface area contributed by atoms with Crippen LogP contribution in [0.1, 0.15) is 37.3 Å². The standard InChI is InChI=1S/C15H25NO3/c1-10(2)13-8-14(11(3)7-15(13)19-4)16-12(9-18)5-6-17/h7-8,10,12,16-18H,5-6,9H2,1-4H3. The van der Waals surface area contributed by atoms with E-state index in [9.17, 15) is 5.11 Å². The number of hydrogen-bond donors (Lipinski definition) is 3. The van der Waals surface area contributed by atoms with Crippen LogP contribution in [0.2, 0.25) is 0 Å². The first-order chi connectivity index (χ1) is 9.03. The van der Waals surface area contributed by atoms with E-state index < -0.39 is 0 Å². The van der Waals surface area contributed by atoms with E-state index >= 15 is 0 Å². The van der Waals surface area contributed by atoms with Crippen molar-refractivity contribution in [1.82, 2.24) is 0 Å². The zero-order valence-corrected chi connectivity index (χ0v) is 12.2. The van der Waals surface area contributed by atoms with Gasteiger partial charge in [0.05, 0.1) is 19.8 Å². The van der Waals surface area contributed by atoms with Gasteiger partial charge in [-0.15, -0.1) is 0 Å². The van der Waals surface area contributed by atoms with Gasteiger partial charge in [0.2, 0.25) is 0 Å². The lowest BCUT2D eigenvalue weighted by molar-refractivity contribution is 0.229. The van der Waals surface area contributed by atoms with Crippen LogP contribution in [0.5, 0.6) is 5.75 Å². The molecular weight excluding hydrogens is 242 g/mol. The fourth-order valence-electron chi connectivity index (χ4n) is 2.07. The van der Waals surface area contributed by atoms with Crippen molar-refractivity contribution in [3.63, 3.8) is 0 Å². The van der Waals surface area contributed by atoms with E-state index in [1.54, 1.807) is 7.11 Å². The van der Waals surface area contributed by atoms with Crippen LogP contribution in [0, 0.1) is 6.92 Å². The van der Waals surface area contributed by atoms with E-state index in [0.29, 0.717) is 12.3 Å². The van der Waals surface area contributed by atoms with E-state index in [4.69, 9.17) is 9.84 Å². The van der Waals surface area contributed by atoms with Crippen LogP contribution < -0.4 is 10.1 Å². The number of aryl methyl sites for hydroxylation is 1. The van der Waals surface area contributed by atoms with Gasteiger partial charge in [-0.2, -0.15) is 0 Å². The SMILES string of the molecule is COc1cc(C)c(NC(CO)CCO)cc1C(C)C. The van der Waals surface area contributed by atoms with E-state index in [-0.39, 0.29) is 19.3 Å². The van der Waals surface area contributed by atoms with Gasteiger partial charge < -0.3 is 20.3 Å². The Morgan fingerprint density at radius 3 is 2.42 bits per heavy atom. The van der Waals surface area contributed by atoms with E-state index in [2.05, 4.69) is 25.2 Å². The van der Waals surface area contributed by atoms with Crippen molar-refractivity contribution in [3.05, 3.63) is 23.3 Å². The molecule has 0 spiro atoms. The van der Waals surface area contributed by atoms with Gasteiger partial charge in [0.1, 0.15) is 5.75 Å². The largest absolute Gasteiger partial charge is 0.496 e. The molecule has 1 aromatic rings. The first-order valence-corrected chi connectivity index (χ1v) is 6.70. The predicted octanol–water partition coefficient (Wildman–Crippen LogP) is 2.28. The Hall–Kier alpha value is -1.26. The van der Waals surface area contributed by atoms with Gasteiger partial charge in [-0.25, -0.2) is 0 Å². The molecule has 4 nitrogen and oxygen atoms in total. The molecule has 0 saturated carbocycles. The molecule has 1 atom stereocenters. The van der Waals surface area contributed by atoms with Crippen LogP contribution in [0.3, 0.4) is 0 Å². The van der Waals surface area contributed by atoms with Gasteiger partial charge in [-0.1, -0.05) is 13.8 Å². The summed E-state index contributed by atoms with van der Waals surface area (Å²) in [7, 11) is 1.68. The third-order valence-electron chi connectivity index (χ3n) is 3.26. The minimum absolute atomic E-state index is 0.00302. The summed E-state index contributed by atoms with van der Waals surface area (Å²) in [6.07, 6.45) is 0.527. The summed E-state index contributed by atoms with van der Waals surface area (Å²) in [5, 5.41) is 21.5. The number of benzene rings is 1. The number of aliphatic hydroxyl groups excluding tert-OH is 2. The molecule has 0 saturated heterocycles. The molecule has 19 heavy (non-hydrogen) atoms. The fourth-order valence-corrected chi connectivity index (χ4v) is 2.07. The third-order valence-corrected chi connectivity index (χ3v) is 3.26. The maximum atomic E-state index is 9.29. The second-order valence-electron chi connectivity index (χ2n) is 5.10. The number of aliphatic hydroxyl groups is 2. The third kappa shape index (κ3) is 4.11. The lowest BCUT2D eigenvalue weighted by atomic mass is 9.98. The average Bonchev–Trinajstić information content (AvgIpc) is 2.39. The van der Waals surface area contributed by atoms with Gasteiger partial charge in [0.25, 0.3) is 0 Å². The summed E-state index contributed by atoms with van der Waals surface area (Å²) in [6, 6.07) is 3.95. The average molecular weight is 267 g/mol. The molecule has 0 heterocycles. The van der Waals surface area contributed by atoms with Crippen molar-refractivity contribution in [2.24, 2.45) is 0 Å². The lowest BCUT2D eigenvalue weighted by Gasteiger charge is -2.21. The second-order valence-corrected chi connectivity index (χ2v) is 5.10. The Morgan fingerprint density at radius 1 is 1.26 bits per heavy atom. The molecule has 1 unspecified atom stereocenters. The molecule has 108 valence electrons. The highest BCUT2D eigenvalue weighted by Gasteiger charge is 2.13. The minimum atomic E-state index is -0.128. The Balaban J connectivity index is 3.03. The molecule has 1 rings (SSSR count). The molecule has 0 fully saturated rings. The summed E-state index contributed by atoms with van der Waals surface area (Å²) in [4.78, 5) is 0. The Kier molecular flexibility index (Phi) is 6.12. The molecule has 0 radical (unpaired) electrons. The van der Waals surface area contributed by atoms with Gasteiger partial charge in [-0.3, -0.25) is 0 Å². The normalized spacial score (nSPS) is 12.6. The number of ether oxygens (including phenoxy) is 1. The Bertz CT molecular complexity index is 405. The topological polar surface area (TPSA) is 61.7 Å². The van der Waals surface area contributed by atoms with Crippen molar-refractivity contribution in [2.75, 3.05) is 25.6 Å². The van der Waals surface area contributed by atoms with Crippen LogP contribution in [-0.4, -0.2) is 36.6 Å². The van der Waals surface area contributed by atoms with Crippen LogP contribution in [0.4, 0.5) is 5.69 Å². The summed E-state index contributed by atoms with van der Waals surface area (Å²) in [6.45, 7) is 6.30. The Labute approximate surface area is 115 Å². The predicted molar refractivity (Wildman–Crippen MR) is 78.0 cm³/mol. The summed E-state index contributed by atoms with van der Waals surface area (Å²) >= 11 is 0. The van der Waals surface area contributed by atoms with Crippen molar-refractivity contribution >= 4 is 5.69 Å². The summed E-state index contributed by atoms with van der Waals surface area (Å²) in [5.41, 5.74) is 3.19. The number of rotatable bonds is 7. The van der Waals surface area contributed by atoms with E-state index in [1.807, 2.05) is 13.0 Å². The fraction of sp³-hybridized carbons (Fsp3) is 0.600. The molecule has 4 heteroatoms. The van der Waals surface area contributed by atoms with Gasteiger partial charge in [0.15, 0.2) is 0 Å². The molecule has 3 N–H and O–H groups in total. The van der Waals surface area contributed by atoms with Crippen molar-refractivity contribution in [1.29, 1.82) is 0 Å². The quantitative estimate of drug-likeness (QED) is 0.709. The highest BCUT2D eigenvalue weighted by Crippen LogP contribution is 2.32. The Morgan fingerprint density at radius 2 is 1.95 bits per heavy atom. The molecule has 0 aliphatic carbocycles. The number of hydrogen-bond acceptors (Lipinski definition) is 4. The maximum absolute atomic E-state index is 9.29. The first-order valence-electron chi connectivity index (χ1n) is 6.70. The number of anilines is 1. The number of methoxy groups -OCH3 is 1. The molecule has 0 bridgehead atoms. The lowest BCUT2D eigenvalue weighted by Crippen LogP contribution is -2.25. The van der Waals surface area contributed by atoms with Crippen LogP contribution >= 0.6 is 0 Å². The van der Waals surface area contributed by atoms with Crippen molar-refractivity contribution < 1.29 is 14.9 Å². The van der Waals surface area contributed by atoms with Crippen molar-refractivity contribution in [2.45, 2.75) is 39.2 Å². The van der Waals surface area contributed by atoms with E-state index in [1.165, 1.54) is 0 Å². The van der Waals surface area contributed by atoms with Gasteiger partial charge in [-0.05, 0) is 42.5 Å². The van der Waals surface area contributed by atoms with Gasteiger partial charge in [0, 0.05) is 12.3 Å². The number of nitrogens with one attached hydrogen (secondary N) is 1. The summed E-state index contributed by atoms with van der Waals surface area (Å²) < 4.78 is 5.40. The minimum Gasteiger partial charge on any atom is -0.496 e. The first kappa shape index (κ1) is 15.8. The van der Waals surface area contributed by atoms with Crippen LogP contribution in [0.25, 0.3) is 0 Å². The van der Waals surface area contributed by atoms with E-state index in [0.717, 1.165) is 22.6 Å². The van der Waals surface area contributed by atoms with Gasteiger partial charge >= 0.3 is 0 Å². The summed E-state index contributed by atoms with van der Waals surface area (Å²) in [5.74, 6) is 1.25. The molecule has 0 amide bonds. The molecule has 1 aromatic carbocycles. The van der Waals surface area contributed by atoms with Crippen molar-refractivity contribution in [3.8, 4) is 5.75 Å².